The van der Waals surface area contributed by atoms with Crippen LogP contribution in [0.4, 0.5) is 5.69 Å². The van der Waals surface area contributed by atoms with Gasteiger partial charge in [0.1, 0.15) is 0 Å². The number of rotatable bonds is 1. The Bertz CT molecular complexity index is 598. The second-order valence-electron chi connectivity index (χ2n) is 7.88. The smallest absolute Gasteiger partial charge is 0.254 e. The summed E-state index contributed by atoms with van der Waals surface area (Å²) in [7, 11) is 0. The first-order chi connectivity index (χ1) is 9.69. The van der Waals surface area contributed by atoms with Crippen molar-refractivity contribution in [2.75, 3.05) is 12.3 Å². The molecule has 1 aliphatic heterocycles. The molecule has 1 aromatic carbocycles. The quantitative estimate of drug-likeness (QED) is 0.775. The number of fused-ring (bicyclic) bond motifs is 2. The number of hydrogen-bond acceptors (Lipinski definition) is 2. The Morgan fingerprint density at radius 2 is 2.05 bits per heavy atom. The topological polar surface area (TPSA) is 46.3 Å². The van der Waals surface area contributed by atoms with E-state index in [1.807, 2.05) is 12.1 Å². The molecule has 1 amide bonds. The van der Waals surface area contributed by atoms with Crippen molar-refractivity contribution in [2.24, 2.45) is 10.8 Å². The highest BCUT2D eigenvalue weighted by molar-refractivity contribution is 9.10. The Labute approximate surface area is 135 Å². The molecule has 1 saturated carbocycles. The molecule has 3 nitrogen and oxygen atoms in total. The van der Waals surface area contributed by atoms with Gasteiger partial charge in [-0.3, -0.25) is 4.79 Å². The van der Waals surface area contributed by atoms with E-state index in [-0.39, 0.29) is 11.3 Å². The molecule has 2 bridgehead atoms. The number of likely N-dealkylation sites (tertiary alicyclic amines) is 1. The molecule has 0 aromatic heterocycles. The molecule has 1 heterocycles. The van der Waals surface area contributed by atoms with Crippen LogP contribution in [0.25, 0.3) is 0 Å². The minimum absolute atomic E-state index is 0.141. The number of carbonyl (C=O) groups is 1. The fourth-order valence-electron chi connectivity index (χ4n) is 4.52. The molecule has 1 saturated heterocycles. The Morgan fingerprint density at radius 1 is 1.33 bits per heavy atom. The second-order valence-corrected chi connectivity index (χ2v) is 8.74. The molecule has 21 heavy (non-hydrogen) atoms. The van der Waals surface area contributed by atoms with E-state index in [1.165, 1.54) is 6.42 Å². The van der Waals surface area contributed by atoms with E-state index in [9.17, 15) is 4.79 Å². The molecule has 1 aliphatic carbocycles. The maximum atomic E-state index is 12.9. The maximum Gasteiger partial charge on any atom is 0.254 e. The van der Waals surface area contributed by atoms with E-state index < -0.39 is 0 Å². The molecule has 2 atom stereocenters. The fourth-order valence-corrected chi connectivity index (χ4v) is 4.90. The Morgan fingerprint density at radius 3 is 2.71 bits per heavy atom. The molecule has 2 unspecified atom stereocenters. The molecule has 4 heteroatoms. The van der Waals surface area contributed by atoms with Crippen LogP contribution in [-0.2, 0) is 0 Å². The summed E-state index contributed by atoms with van der Waals surface area (Å²) in [4.78, 5) is 15.0. The van der Waals surface area contributed by atoms with Crippen LogP contribution in [0.3, 0.4) is 0 Å². The van der Waals surface area contributed by atoms with Gasteiger partial charge in [0.2, 0.25) is 0 Å². The second kappa shape index (κ2) is 4.73. The van der Waals surface area contributed by atoms with E-state index >= 15 is 0 Å². The zero-order valence-corrected chi connectivity index (χ0v) is 14.5. The normalized spacial score (nSPS) is 30.5. The van der Waals surface area contributed by atoms with Gasteiger partial charge in [0.25, 0.3) is 5.91 Å². The first kappa shape index (κ1) is 14.9. The van der Waals surface area contributed by atoms with Crippen LogP contribution in [0.15, 0.2) is 22.7 Å². The van der Waals surface area contributed by atoms with Crippen molar-refractivity contribution >= 4 is 27.5 Å². The first-order valence-electron chi connectivity index (χ1n) is 7.55. The summed E-state index contributed by atoms with van der Waals surface area (Å²) in [5.74, 6) is 0.141. The third kappa shape index (κ3) is 2.70. The number of nitrogen functional groups attached to an aromatic ring is 1. The standard InChI is InChI=1S/C17H23BrN2O/c1-16(2)7-12-8-17(3,9-16)10-20(12)15(21)11-4-5-14(19)13(18)6-11/h4-6,12H,7-10,19H2,1-3H3. The van der Waals surface area contributed by atoms with E-state index in [1.54, 1.807) is 6.07 Å². The number of nitrogens with two attached hydrogens (primary N) is 1. The largest absolute Gasteiger partial charge is 0.398 e. The zero-order valence-electron chi connectivity index (χ0n) is 12.9. The van der Waals surface area contributed by atoms with Crippen LogP contribution < -0.4 is 5.73 Å². The Balaban J connectivity index is 1.87. The van der Waals surface area contributed by atoms with E-state index in [4.69, 9.17) is 5.73 Å². The molecule has 2 aliphatic rings. The molecule has 1 aromatic rings. The van der Waals surface area contributed by atoms with Crippen LogP contribution >= 0.6 is 15.9 Å². The Kier molecular flexibility index (Phi) is 3.36. The number of hydrogen-bond donors (Lipinski definition) is 1. The van der Waals surface area contributed by atoms with Crippen LogP contribution in [0.5, 0.6) is 0 Å². The number of halogens is 1. The lowest BCUT2D eigenvalue weighted by atomic mass is 9.65. The summed E-state index contributed by atoms with van der Waals surface area (Å²) < 4.78 is 0.794. The summed E-state index contributed by atoms with van der Waals surface area (Å²) >= 11 is 3.41. The third-order valence-corrected chi connectivity index (χ3v) is 5.61. The van der Waals surface area contributed by atoms with Gasteiger partial charge in [-0.25, -0.2) is 0 Å². The molecular weight excluding hydrogens is 328 g/mol. The van der Waals surface area contributed by atoms with Gasteiger partial charge in [0, 0.05) is 28.3 Å². The maximum absolute atomic E-state index is 12.9. The van der Waals surface area contributed by atoms with Crippen LogP contribution in [0.1, 0.15) is 50.4 Å². The van der Waals surface area contributed by atoms with Crippen molar-refractivity contribution < 1.29 is 4.79 Å². The number of amides is 1. The minimum atomic E-state index is 0.141. The van der Waals surface area contributed by atoms with Gasteiger partial charge < -0.3 is 10.6 Å². The van der Waals surface area contributed by atoms with E-state index in [0.717, 1.165) is 29.4 Å². The summed E-state index contributed by atoms with van der Waals surface area (Å²) in [6.45, 7) is 7.85. The summed E-state index contributed by atoms with van der Waals surface area (Å²) in [5, 5.41) is 0. The lowest BCUT2D eigenvalue weighted by molar-refractivity contribution is 0.0708. The van der Waals surface area contributed by atoms with E-state index in [2.05, 4.69) is 41.6 Å². The lowest BCUT2D eigenvalue weighted by Crippen LogP contribution is -2.37. The predicted octanol–water partition coefficient (Wildman–Crippen LogP) is 4.07. The van der Waals surface area contributed by atoms with Gasteiger partial charge in [0.05, 0.1) is 0 Å². The van der Waals surface area contributed by atoms with Gasteiger partial charge in [-0.15, -0.1) is 0 Å². The van der Waals surface area contributed by atoms with E-state index in [0.29, 0.717) is 17.1 Å². The molecule has 3 rings (SSSR count). The molecule has 0 spiro atoms. The third-order valence-electron chi connectivity index (χ3n) is 4.92. The molecule has 114 valence electrons. The highest BCUT2D eigenvalue weighted by Gasteiger charge is 2.50. The number of nitrogens with zero attached hydrogens (tertiary/aromatic N) is 1. The van der Waals surface area contributed by atoms with Gasteiger partial charge in [0.15, 0.2) is 0 Å². The highest BCUT2D eigenvalue weighted by Crippen LogP contribution is 2.52. The van der Waals surface area contributed by atoms with Crippen molar-refractivity contribution in [3.8, 4) is 0 Å². The van der Waals surface area contributed by atoms with Crippen molar-refractivity contribution in [2.45, 2.75) is 46.1 Å². The number of carbonyl (C=O) groups excluding carboxylic acids is 1. The monoisotopic (exact) mass is 350 g/mol. The predicted molar refractivity (Wildman–Crippen MR) is 89.1 cm³/mol. The zero-order chi connectivity index (χ0) is 15.4. The molecule has 2 fully saturated rings. The highest BCUT2D eigenvalue weighted by atomic mass is 79.9. The van der Waals surface area contributed by atoms with Crippen molar-refractivity contribution in [3.63, 3.8) is 0 Å². The Hall–Kier alpha value is -1.03. The van der Waals surface area contributed by atoms with Crippen molar-refractivity contribution in [1.29, 1.82) is 0 Å². The molecule has 0 radical (unpaired) electrons. The van der Waals surface area contributed by atoms with Gasteiger partial charge in [-0.05, 0) is 64.2 Å². The SMILES string of the molecule is CC1(C)CC2CC(C)(CN2C(=O)c2ccc(N)c(Br)c2)C1. The lowest BCUT2D eigenvalue weighted by Gasteiger charge is -2.39. The fraction of sp³-hybridized carbons (Fsp3) is 0.588. The summed E-state index contributed by atoms with van der Waals surface area (Å²) in [6.07, 6.45) is 3.44. The summed E-state index contributed by atoms with van der Waals surface area (Å²) in [5.41, 5.74) is 7.80. The van der Waals surface area contributed by atoms with Gasteiger partial charge >= 0.3 is 0 Å². The molecule has 2 N–H and O–H groups in total. The summed E-state index contributed by atoms with van der Waals surface area (Å²) in [6, 6.07) is 5.85. The first-order valence-corrected chi connectivity index (χ1v) is 8.35. The van der Waals surface area contributed by atoms with Gasteiger partial charge in [-0.2, -0.15) is 0 Å². The molecular formula is C17H23BrN2O. The minimum Gasteiger partial charge on any atom is -0.398 e. The average molecular weight is 351 g/mol. The van der Waals surface area contributed by atoms with Crippen LogP contribution in [-0.4, -0.2) is 23.4 Å². The average Bonchev–Trinajstić information content (AvgIpc) is 2.61. The number of benzene rings is 1. The van der Waals surface area contributed by atoms with Crippen molar-refractivity contribution in [1.82, 2.24) is 4.90 Å². The van der Waals surface area contributed by atoms with Gasteiger partial charge in [-0.1, -0.05) is 20.8 Å². The van der Waals surface area contributed by atoms with Crippen LogP contribution in [0, 0.1) is 10.8 Å². The van der Waals surface area contributed by atoms with Crippen LogP contribution in [0.2, 0.25) is 0 Å². The van der Waals surface area contributed by atoms with Crippen molar-refractivity contribution in [3.05, 3.63) is 28.2 Å². The number of anilines is 1.